The van der Waals surface area contributed by atoms with Crippen LogP contribution in [-0.4, -0.2) is 29.6 Å². The van der Waals surface area contributed by atoms with Crippen molar-refractivity contribution in [2.75, 3.05) is 18.8 Å². The molecular weight excluding hydrogens is 326 g/mol. The number of nitrogens with zero attached hydrogens (tertiary/aromatic N) is 1. The normalized spacial score (nSPS) is 18.5. The Bertz CT molecular complexity index is 661. The molecule has 23 heavy (non-hydrogen) atoms. The van der Waals surface area contributed by atoms with Crippen molar-refractivity contribution in [2.45, 2.75) is 18.1 Å². The number of rotatable bonds is 3. The molecule has 0 spiro atoms. The van der Waals surface area contributed by atoms with Crippen molar-refractivity contribution >= 4 is 29.3 Å². The Kier molecular flexibility index (Phi) is 5.63. The van der Waals surface area contributed by atoms with Crippen molar-refractivity contribution in [1.82, 2.24) is 4.90 Å². The lowest BCUT2D eigenvalue weighted by Crippen LogP contribution is -2.34. The molecule has 0 aromatic heterocycles. The molecule has 4 heteroatoms. The minimum Gasteiger partial charge on any atom is -0.342 e. The van der Waals surface area contributed by atoms with Gasteiger partial charge in [-0.25, -0.2) is 0 Å². The Morgan fingerprint density at radius 2 is 1.83 bits per heavy atom. The van der Waals surface area contributed by atoms with Gasteiger partial charge in [-0.15, -0.1) is 0 Å². The molecule has 120 valence electrons. The summed E-state index contributed by atoms with van der Waals surface area (Å²) < 4.78 is 0. The number of benzene rings is 2. The number of halogens is 1. The molecule has 1 fully saturated rings. The Morgan fingerprint density at radius 3 is 2.61 bits per heavy atom. The molecule has 1 amide bonds. The predicted molar refractivity (Wildman–Crippen MR) is 98.0 cm³/mol. The van der Waals surface area contributed by atoms with E-state index in [4.69, 9.17) is 11.6 Å². The van der Waals surface area contributed by atoms with Gasteiger partial charge in [0, 0.05) is 29.1 Å². The minimum atomic E-state index is 0.174. The van der Waals surface area contributed by atoms with Crippen molar-refractivity contribution in [3.63, 3.8) is 0 Å². The van der Waals surface area contributed by atoms with Crippen LogP contribution in [0.1, 0.15) is 22.8 Å². The molecule has 0 saturated carbocycles. The number of thioether (sulfide) groups is 1. The fourth-order valence-electron chi connectivity index (χ4n) is 2.87. The van der Waals surface area contributed by atoms with Crippen LogP contribution in [-0.2, 0) is 11.2 Å². The van der Waals surface area contributed by atoms with E-state index >= 15 is 0 Å². The van der Waals surface area contributed by atoms with E-state index in [0.29, 0.717) is 16.7 Å². The molecule has 3 rings (SSSR count). The molecule has 0 aliphatic carbocycles. The Balaban J connectivity index is 1.61. The van der Waals surface area contributed by atoms with E-state index in [-0.39, 0.29) is 5.91 Å². The summed E-state index contributed by atoms with van der Waals surface area (Å²) in [6, 6.07) is 18.2. The van der Waals surface area contributed by atoms with E-state index in [0.717, 1.165) is 30.8 Å². The van der Waals surface area contributed by atoms with Crippen LogP contribution in [0.25, 0.3) is 0 Å². The summed E-state index contributed by atoms with van der Waals surface area (Å²) in [6.07, 6.45) is 1.39. The van der Waals surface area contributed by atoms with E-state index in [9.17, 15) is 4.79 Å². The smallest absolute Gasteiger partial charge is 0.227 e. The summed E-state index contributed by atoms with van der Waals surface area (Å²) in [5, 5.41) is 1.15. The third-order valence-electron chi connectivity index (χ3n) is 4.17. The Morgan fingerprint density at radius 1 is 1.09 bits per heavy atom. The number of carbonyl (C=O) groups is 1. The summed E-state index contributed by atoms with van der Waals surface area (Å²) in [4.78, 5) is 14.6. The SMILES string of the molecule is O=C(Cc1ccccc1Cl)N1CCSC(c2ccccc2)CC1. The van der Waals surface area contributed by atoms with Gasteiger partial charge in [-0.2, -0.15) is 11.8 Å². The average Bonchev–Trinajstić information content (AvgIpc) is 2.84. The summed E-state index contributed by atoms with van der Waals surface area (Å²) in [6.45, 7) is 1.63. The average molecular weight is 346 g/mol. The largest absolute Gasteiger partial charge is 0.342 e. The molecule has 2 aromatic rings. The third-order valence-corrected chi connectivity index (χ3v) is 5.86. The van der Waals surface area contributed by atoms with Gasteiger partial charge in [0.2, 0.25) is 5.91 Å². The van der Waals surface area contributed by atoms with E-state index < -0.39 is 0 Å². The highest BCUT2D eigenvalue weighted by atomic mass is 35.5. The topological polar surface area (TPSA) is 20.3 Å². The van der Waals surface area contributed by atoms with E-state index in [1.807, 2.05) is 47.0 Å². The first kappa shape index (κ1) is 16.4. The maximum absolute atomic E-state index is 12.6. The van der Waals surface area contributed by atoms with Gasteiger partial charge < -0.3 is 4.90 Å². The van der Waals surface area contributed by atoms with Gasteiger partial charge in [0.05, 0.1) is 6.42 Å². The first-order valence-electron chi connectivity index (χ1n) is 7.92. The molecule has 0 radical (unpaired) electrons. The summed E-state index contributed by atoms with van der Waals surface area (Å²) in [5.74, 6) is 1.15. The lowest BCUT2D eigenvalue weighted by Gasteiger charge is -2.20. The predicted octanol–water partition coefficient (Wildman–Crippen LogP) is 4.59. The maximum Gasteiger partial charge on any atom is 0.227 e. The summed E-state index contributed by atoms with van der Waals surface area (Å²) in [7, 11) is 0. The third kappa shape index (κ3) is 4.30. The lowest BCUT2D eigenvalue weighted by molar-refractivity contribution is -0.130. The van der Waals surface area contributed by atoms with Gasteiger partial charge in [0.25, 0.3) is 0 Å². The molecule has 0 bridgehead atoms. The highest BCUT2D eigenvalue weighted by molar-refractivity contribution is 7.99. The van der Waals surface area contributed by atoms with Crippen LogP contribution in [0.5, 0.6) is 0 Å². The zero-order chi connectivity index (χ0) is 16.1. The number of hydrogen-bond donors (Lipinski definition) is 0. The Labute approximate surface area is 146 Å². The second-order valence-electron chi connectivity index (χ2n) is 5.71. The lowest BCUT2D eigenvalue weighted by atomic mass is 10.1. The van der Waals surface area contributed by atoms with Crippen molar-refractivity contribution < 1.29 is 4.79 Å². The van der Waals surface area contributed by atoms with Gasteiger partial charge in [0.1, 0.15) is 0 Å². The fourth-order valence-corrected chi connectivity index (χ4v) is 4.30. The molecule has 1 saturated heterocycles. The van der Waals surface area contributed by atoms with Crippen LogP contribution in [0, 0.1) is 0 Å². The van der Waals surface area contributed by atoms with Gasteiger partial charge in [0.15, 0.2) is 0 Å². The van der Waals surface area contributed by atoms with Gasteiger partial charge in [-0.1, -0.05) is 60.1 Å². The minimum absolute atomic E-state index is 0.174. The molecule has 1 aliphatic heterocycles. The zero-order valence-corrected chi connectivity index (χ0v) is 14.5. The highest BCUT2D eigenvalue weighted by Crippen LogP contribution is 2.34. The molecule has 1 atom stereocenters. The van der Waals surface area contributed by atoms with Crippen molar-refractivity contribution in [2.24, 2.45) is 0 Å². The highest BCUT2D eigenvalue weighted by Gasteiger charge is 2.22. The van der Waals surface area contributed by atoms with Crippen molar-refractivity contribution in [3.8, 4) is 0 Å². The number of hydrogen-bond acceptors (Lipinski definition) is 2. The molecule has 1 unspecified atom stereocenters. The monoisotopic (exact) mass is 345 g/mol. The van der Waals surface area contributed by atoms with E-state index in [1.54, 1.807) is 0 Å². The number of carbonyl (C=O) groups excluding carboxylic acids is 1. The van der Waals surface area contributed by atoms with Crippen LogP contribution in [0.4, 0.5) is 0 Å². The van der Waals surface area contributed by atoms with Crippen LogP contribution >= 0.6 is 23.4 Å². The second-order valence-corrected chi connectivity index (χ2v) is 7.43. The maximum atomic E-state index is 12.6. The van der Waals surface area contributed by atoms with E-state index in [1.165, 1.54) is 5.56 Å². The standard InChI is InChI=1S/C19H20ClNOS/c20-17-9-5-4-8-16(17)14-19(22)21-11-10-18(23-13-12-21)15-6-2-1-3-7-15/h1-9,18H,10-14H2. The zero-order valence-electron chi connectivity index (χ0n) is 13.0. The molecular formula is C19H20ClNOS. The summed E-state index contributed by atoms with van der Waals surface area (Å²) >= 11 is 8.12. The quantitative estimate of drug-likeness (QED) is 0.811. The van der Waals surface area contributed by atoms with Gasteiger partial charge in [-0.3, -0.25) is 4.79 Å². The number of amides is 1. The fraction of sp³-hybridized carbons (Fsp3) is 0.316. The second kappa shape index (κ2) is 7.89. The van der Waals surface area contributed by atoms with Crippen LogP contribution in [0.3, 0.4) is 0 Å². The summed E-state index contributed by atoms with van der Waals surface area (Å²) in [5.41, 5.74) is 2.27. The molecule has 2 nitrogen and oxygen atoms in total. The van der Waals surface area contributed by atoms with Crippen LogP contribution in [0.15, 0.2) is 54.6 Å². The van der Waals surface area contributed by atoms with Crippen molar-refractivity contribution in [3.05, 3.63) is 70.7 Å². The van der Waals surface area contributed by atoms with Gasteiger partial charge >= 0.3 is 0 Å². The van der Waals surface area contributed by atoms with E-state index in [2.05, 4.69) is 24.3 Å². The first-order valence-corrected chi connectivity index (χ1v) is 9.34. The Hall–Kier alpha value is -1.45. The first-order chi connectivity index (χ1) is 11.2. The molecule has 1 aliphatic rings. The van der Waals surface area contributed by atoms with Crippen LogP contribution < -0.4 is 0 Å². The van der Waals surface area contributed by atoms with Crippen LogP contribution in [0.2, 0.25) is 5.02 Å². The van der Waals surface area contributed by atoms with Gasteiger partial charge in [-0.05, 0) is 23.6 Å². The molecule has 2 aromatic carbocycles. The van der Waals surface area contributed by atoms with Crippen molar-refractivity contribution in [1.29, 1.82) is 0 Å². The molecule has 1 heterocycles. The molecule has 0 N–H and O–H groups in total.